The summed E-state index contributed by atoms with van der Waals surface area (Å²) in [6.07, 6.45) is 6.70. The van der Waals surface area contributed by atoms with Crippen molar-refractivity contribution in [1.82, 2.24) is 15.1 Å². The first-order valence-electron chi connectivity index (χ1n) is 7.83. The second-order valence-electron chi connectivity index (χ2n) is 6.50. The minimum atomic E-state index is 0.423. The van der Waals surface area contributed by atoms with Crippen LogP contribution in [0, 0.1) is 0 Å². The molecular weight excluding hydrogens is 222 g/mol. The molecule has 2 fully saturated rings. The van der Waals surface area contributed by atoms with Crippen LogP contribution < -0.4 is 5.32 Å². The fourth-order valence-electron chi connectivity index (χ4n) is 3.82. The van der Waals surface area contributed by atoms with Crippen LogP contribution in [0.4, 0.5) is 0 Å². The Balaban J connectivity index is 1.97. The molecule has 0 aromatic carbocycles. The summed E-state index contributed by atoms with van der Waals surface area (Å²) in [6.45, 7) is 11.0. The van der Waals surface area contributed by atoms with E-state index in [0.717, 1.165) is 0 Å². The number of hydrogen-bond donors (Lipinski definition) is 1. The molecule has 0 aromatic rings. The van der Waals surface area contributed by atoms with E-state index in [1.807, 2.05) is 0 Å². The van der Waals surface area contributed by atoms with Gasteiger partial charge in [-0.25, -0.2) is 0 Å². The van der Waals surface area contributed by atoms with E-state index in [2.05, 4.69) is 36.0 Å². The smallest absolute Gasteiger partial charge is 0.0309 e. The number of rotatable bonds is 4. The minimum Gasteiger partial charge on any atom is -0.310 e. The van der Waals surface area contributed by atoms with Crippen molar-refractivity contribution in [2.45, 2.75) is 57.5 Å². The lowest BCUT2D eigenvalue weighted by atomic mass is 9.90. The molecule has 2 saturated heterocycles. The Bertz CT molecular complexity index is 248. The fraction of sp³-hybridized carbons (Fsp3) is 1.00. The van der Waals surface area contributed by atoms with E-state index in [-0.39, 0.29) is 0 Å². The molecule has 2 rings (SSSR count). The third kappa shape index (κ3) is 3.46. The van der Waals surface area contributed by atoms with Gasteiger partial charge in [-0.05, 0) is 59.3 Å². The Hall–Kier alpha value is -0.120. The molecule has 0 aliphatic carbocycles. The SMILES string of the molecule is CCCC1(CN2CCCN(C)CC2C)CCCN1. The third-order valence-electron chi connectivity index (χ3n) is 4.75. The Morgan fingerprint density at radius 3 is 2.78 bits per heavy atom. The van der Waals surface area contributed by atoms with E-state index in [9.17, 15) is 0 Å². The number of nitrogens with one attached hydrogen (secondary N) is 1. The number of hydrogen-bond acceptors (Lipinski definition) is 3. The van der Waals surface area contributed by atoms with Crippen molar-refractivity contribution in [2.24, 2.45) is 0 Å². The molecule has 0 bridgehead atoms. The molecule has 3 heteroatoms. The van der Waals surface area contributed by atoms with E-state index < -0.39 is 0 Å². The van der Waals surface area contributed by atoms with Crippen LogP contribution in [-0.4, -0.2) is 61.2 Å². The maximum absolute atomic E-state index is 3.82. The zero-order chi connectivity index (χ0) is 13.0. The molecule has 0 spiro atoms. The predicted molar refractivity (Wildman–Crippen MR) is 78.0 cm³/mol. The standard InChI is InChI=1S/C15H31N3/c1-4-7-15(8-5-9-16-15)13-18-11-6-10-17(3)12-14(18)2/h14,16H,4-13H2,1-3H3. The van der Waals surface area contributed by atoms with Crippen molar-refractivity contribution < 1.29 is 0 Å². The van der Waals surface area contributed by atoms with Crippen LogP contribution in [0.5, 0.6) is 0 Å². The van der Waals surface area contributed by atoms with Crippen LogP contribution >= 0.6 is 0 Å². The van der Waals surface area contributed by atoms with Crippen molar-refractivity contribution in [3.63, 3.8) is 0 Å². The van der Waals surface area contributed by atoms with Crippen molar-refractivity contribution in [2.75, 3.05) is 39.8 Å². The van der Waals surface area contributed by atoms with E-state index in [4.69, 9.17) is 0 Å². The van der Waals surface area contributed by atoms with Gasteiger partial charge in [0, 0.05) is 24.7 Å². The molecule has 0 amide bonds. The Kier molecular flexibility index (Phi) is 5.05. The topological polar surface area (TPSA) is 18.5 Å². The molecule has 0 saturated carbocycles. The molecular formula is C15H31N3. The van der Waals surface area contributed by atoms with Gasteiger partial charge in [0.25, 0.3) is 0 Å². The van der Waals surface area contributed by atoms with Crippen LogP contribution in [0.3, 0.4) is 0 Å². The lowest BCUT2D eigenvalue weighted by molar-refractivity contribution is 0.142. The highest BCUT2D eigenvalue weighted by Gasteiger charge is 2.35. The highest BCUT2D eigenvalue weighted by atomic mass is 15.3. The van der Waals surface area contributed by atoms with E-state index >= 15 is 0 Å². The van der Waals surface area contributed by atoms with Gasteiger partial charge in [0.1, 0.15) is 0 Å². The molecule has 2 heterocycles. The molecule has 2 atom stereocenters. The van der Waals surface area contributed by atoms with Crippen LogP contribution in [-0.2, 0) is 0 Å². The average molecular weight is 253 g/mol. The monoisotopic (exact) mass is 253 g/mol. The minimum absolute atomic E-state index is 0.423. The van der Waals surface area contributed by atoms with Crippen molar-refractivity contribution >= 4 is 0 Å². The summed E-state index contributed by atoms with van der Waals surface area (Å²) in [4.78, 5) is 5.22. The maximum Gasteiger partial charge on any atom is 0.0309 e. The highest BCUT2D eigenvalue weighted by molar-refractivity contribution is 4.96. The summed E-state index contributed by atoms with van der Waals surface area (Å²) < 4.78 is 0. The van der Waals surface area contributed by atoms with Gasteiger partial charge in [0.05, 0.1) is 0 Å². The second kappa shape index (κ2) is 6.36. The lowest BCUT2D eigenvalue weighted by Gasteiger charge is -2.38. The van der Waals surface area contributed by atoms with Gasteiger partial charge in [-0.3, -0.25) is 4.90 Å². The Morgan fingerprint density at radius 2 is 2.11 bits per heavy atom. The van der Waals surface area contributed by atoms with E-state index in [1.54, 1.807) is 0 Å². The van der Waals surface area contributed by atoms with Crippen LogP contribution in [0.15, 0.2) is 0 Å². The van der Waals surface area contributed by atoms with Gasteiger partial charge < -0.3 is 10.2 Å². The quantitative estimate of drug-likeness (QED) is 0.826. The summed E-state index contributed by atoms with van der Waals surface area (Å²) in [6, 6.07) is 0.702. The van der Waals surface area contributed by atoms with Crippen molar-refractivity contribution in [1.29, 1.82) is 0 Å². The van der Waals surface area contributed by atoms with Gasteiger partial charge in [0.15, 0.2) is 0 Å². The van der Waals surface area contributed by atoms with Crippen molar-refractivity contribution in [3.05, 3.63) is 0 Å². The Labute approximate surface area is 113 Å². The van der Waals surface area contributed by atoms with Gasteiger partial charge in [-0.15, -0.1) is 0 Å². The molecule has 18 heavy (non-hydrogen) atoms. The molecule has 106 valence electrons. The number of likely N-dealkylation sites (N-methyl/N-ethyl adjacent to an activating group) is 1. The van der Waals surface area contributed by atoms with Gasteiger partial charge >= 0.3 is 0 Å². The van der Waals surface area contributed by atoms with E-state index in [1.165, 1.54) is 64.8 Å². The first kappa shape index (κ1) is 14.3. The molecule has 0 aromatic heterocycles. The molecule has 2 aliphatic rings. The zero-order valence-electron chi connectivity index (χ0n) is 12.5. The summed E-state index contributed by atoms with van der Waals surface area (Å²) in [5, 5.41) is 3.82. The third-order valence-corrected chi connectivity index (χ3v) is 4.75. The summed E-state index contributed by atoms with van der Waals surface area (Å²) in [7, 11) is 2.26. The predicted octanol–water partition coefficient (Wildman–Crippen LogP) is 1.93. The lowest BCUT2D eigenvalue weighted by Crippen LogP contribution is -2.53. The zero-order valence-corrected chi connectivity index (χ0v) is 12.5. The fourth-order valence-corrected chi connectivity index (χ4v) is 3.82. The first-order valence-corrected chi connectivity index (χ1v) is 7.83. The summed E-state index contributed by atoms with van der Waals surface area (Å²) >= 11 is 0. The van der Waals surface area contributed by atoms with Gasteiger partial charge in [-0.2, -0.15) is 0 Å². The van der Waals surface area contributed by atoms with Crippen LogP contribution in [0.2, 0.25) is 0 Å². The number of nitrogens with zero attached hydrogens (tertiary/aromatic N) is 2. The van der Waals surface area contributed by atoms with Gasteiger partial charge in [0.2, 0.25) is 0 Å². The average Bonchev–Trinajstić information content (AvgIpc) is 2.70. The van der Waals surface area contributed by atoms with E-state index in [0.29, 0.717) is 11.6 Å². The molecule has 1 N–H and O–H groups in total. The summed E-state index contributed by atoms with van der Waals surface area (Å²) in [5.74, 6) is 0. The highest BCUT2D eigenvalue weighted by Crippen LogP contribution is 2.27. The molecule has 2 aliphatic heterocycles. The first-order chi connectivity index (χ1) is 8.65. The van der Waals surface area contributed by atoms with Crippen LogP contribution in [0.25, 0.3) is 0 Å². The molecule has 3 nitrogen and oxygen atoms in total. The molecule has 2 unspecified atom stereocenters. The normalized spacial score (nSPS) is 35.8. The second-order valence-corrected chi connectivity index (χ2v) is 6.50. The maximum atomic E-state index is 3.82. The van der Waals surface area contributed by atoms with Gasteiger partial charge in [-0.1, -0.05) is 13.3 Å². The molecule has 0 radical (unpaired) electrons. The Morgan fingerprint density at radius 1 is 1.28 bits per heavy atom. The largest absolute Gasteiger partial charge is 0.310 e. The van der Waals surface area contributed by atoms with Crippen molar-refractivity contribution in [3.8, 4) is 0 Å². The summed E-state index contributed by atoms with van der Waals surface area (Å²) in [5.41, 5.74) is 0.423. The van der Waals surface area contributed by atoms with Crippen LogP contribution in [0.1, 0.15) is 46.0 Å².